The summed E-state index contributed by atoms with van der Waals surface area (Å²) in [5.41, 5.74) is -1.57. The third-order valence-electron chi connectivity index (χ3n) is 6.00. The van der Waals surface area contributed by atoms with E-state index in [0.717, 1.165) is 25.0 Å². The van der Waals surface area contributed by atoms with Crippen molar-refractivity contribution in [3.8, 4) is 0 Å². The van der Waals surface area contributed by atoms with Gasteiger partial charge in [0.2, 0.25) is 5.91 Å². The fourth-order valence-electron chi connectivity index (χ4n) is 3.90. The third-order valence-corrected chi connectivity index (χ3v) is 6.00. The van der Waals surface area contributed by atoms with Crippen molar-refractivity contribution in [3.05, 3.63) is 35.4 Å². The van der Waals surface area contributed by atoms with Crippen LogP contribution in [-0.2, 0) is 21.2 Å². The van der Waals surface area contributed by atoms with Crippen molar-refractivity contribution in [2.75, 3.05) is 6.54 Å². The number of carboxylic acid groups (broad SMARTS) is 1. The molecule has 2 fully saturated rings. The van der Waals surface area contributed by atoms with E-state index in [-0.39, 0.29) is 18.9 Å². The van der Waals surface area contributed by atoms with E-state index in [1.54, 1.807) is 6.07 Å². The second-order valence-corrected chi connectivity index (χ2v) is 7.60. The van der Waals surface area contributed by atoms with Crippen LogP contribution in [0.3, 0.4) is 0 Å². The Labute approximate surface area is 149 Å². The van der Waals surface area contributed by atoms with Crippen LogP contribution in [0.4, 0.5) is 13.2 Å². The maximum atomic E-state index is 13.0. The van der Waals surface area contributed by atoms with E-state index in [2.05, 4.69) is 5.32 Å². The second-order valence-electron chi connectivity index (χ2n) is 7.60. The minimum atomic E-state index is -4.40. The number of halogens is 3. The van der Waals surface area contributed by atoms with Crippen LogP contribution in [-0.4, -0.2) is 23.5 Å². The maximum Gasteiger partial charge on any atom is 0.416 e. The molecule has 0 saturated heterocycles. The Bertz CT molecular complexity index is 706. The standard InChI is InChI=1S/C19H22F3NO3/c20-19(21,22)14-5-1-4-13(10-14)18(8-3-9-18)12-23-15(24)11-17(16(25)26)6-2-7-17/h1,4-5,10H,2-3,6-9,11-12H2,(H,23,24)(H,25,26). The highest BCUT2D eigenvalue weighted by molar-refractivity contribution is 5.85. The van der Waals surface area contributed by atoms with Crippen molar-refractivity contribution in [1.29, 1.82) is 0 Å². The fraction of sp³-hybridized carbons (Fsp3) is 0.579. The Morgan fingerprint density at radius 1 is 1.12 bits per heavy atom. The van der Waals surface area contributed by atoms with Crippen LogP contribution in [0, 0.1) is 5.41 Å². The smallest absolute Gasteiger partial charge is 0.416 e. The van der Waals surface area contributed by atoms with Crippen LogP contribution >= 0.6 is 0 Å². The first-order valence-corrected chi connectivity index (χ1v) is 8.85. The van der Waals surface area contributed by atoms with Gasteiger partial charge in [0.1, 0.15) is 0 Å². The van der Waals surface area contributed by atoms with Gasteiger partial charge in [-0.2, -0.15) is 13.2 Å². The van der Waals surface area contributed by atoms with Gasteiger partial charge < -0.3 is 10.4 Å². The summed E-state index contributed by atoms with van der Waals surface area (Å²) < 4.78 is 38.9. The molecule has 3 rings (SSSR count). The Kier molecular flexibility index (Phi) is 4.75. The molecule has 7 heteroatoms. The molecule has 0 bridgehead atoms. The molecule has 0 radical (unpaired) electrons. The maximum absolute atomic E-state index is 13.0. The molecule has 2 aliphatic rings. The number of aliphatic carboxylic acids is 1. The zero-order valence-corrected chi connectivity index (χ0v) is 14.4. The van der Waals surface area contributed by atoms with Gasteiger partial charge in [-0.1, -0.05) is 31.0 Å². The molecule has 0 aliphatic heterocycles. The van der Waals surface area contributed by atoms with Crippen molar-refractivity contribution >= 4 is 11.9 Å². The Morgan fingerprint density at radius 2 is 1.77 bits per heavy atom. The Hall–Kier alpha value is -2.05. The number of carbonyl (C=O) groups is 2. The molecule has 1 aromatic carbocycles. The number of carbonyl (C=O) groups excluding carboxylic acids is 1. The summed E-state index contributed by atoms with van der Waals surface area (Å²) in [6, 6.07) is 5.27. The number of nitrogens with one attached hydrogen (secondary N) is 1. The van der Waals surface area contributed by atoms with E-state index >= 15 is 0 Å². The molecule has 0 unspecified atom stereocenters. The van der Waals surface area contributed by atoms with Crippen LogP contribution in [0.1, 0.15) is 56.1 Å². The number of benzene rings is 1. The number of carboxylic acids is 1. The molecule has 4 nitrogen and oxygen atoms in total. The minimum absolute atomic E-state index is 0.0684. The SMILES string of the molecule is O=C(CC1(C(=O)O)CCC1)NCC1(c2cccc(C(F)(F)F)c2)CCC1. The molecular weight excluding hydrogens is 347 g/mol. The summed E-state index contributed by atoms with van der Waals surface area (Å²) in [4.78, 5) is 23.6. The summed E-state index contributed by atoms with van der Waals surface area (Å²) in [7, 11) is 0. The minimum Gasteiger partial charge on any atom is -0.481 e. The first-order valence-electron chi connectivity index (χ1n) is 8.85. The Morgan fingerprint density at radius 3 is 2.23 bits per heavy atom. The van der Waals surface area contributed by atoms with Crippen LogP contribution in [0.15, 0.2) is 24.3 Å². The quantitative estimate of drug-likeness (QED) is 0.800. The number of amides is 1. The van der Waals surface area contributed by atoms with Crippen LogP contribution in [0.25, 0.3) is 0 Å². The predicted molar refractivity (Wildman–Crippen MR) is 88.5 cm³/mol. The average molecular weight is 369 g/mol. The molecular formula is C19H22F3NO3. The summed E-state index contributed by atoms with van der Waals surface area (Å²) in [6.07, 6.45) is -0.372. The van der Waals surface area contributed by atoms with E-state index in [0.29, 0.717) is 31.2 Å². The second kappa shape index (κ2) is 6.59. The van der Waals surface area contributed by atoms with E-state index in [4.69, 9.17) is 0 Å². The summed E-state index contributed by atoms with van der Waals surface area (Å²) in [6.45, 7) is 0.239. The van der Waals surface area contributed by atoms with Gasteiger partial charge in [0.25, 0.3) is 0 Å². The topological polar surface area (TPSA) is 66.4 Å². The summed E-state index contributed by atoms with van der Waals surface area (Å²) in [5.74, 6) is -1.29. The third kappa shape index (κ3) is 3.44. The fourth-order valence-corrected chi connectivity index (χ4v) is 3.90. The lowest BCUT2D eigenvalue weighted by Gasteiger charge is -2.43. The highest BCUT2D eigenvalue weighted by Gasteiger charge is 2.46. The molecule has 2 N–H and O–H groups in total. The molecule has 0 heterocycles. The van der Waals surface area contributed by atoms with Crippen LogP contribution in [0.5, 0.6) is 0 Å². The zero-order chi connectivity index (χ0) is 19.0. The van der Waals surface area contributed by atoms with Gasteiger partial charge in [-0.25, -0.2) is 0 Å². The van der Waals surface area contributed by atoms with Gasteiger partial charge in [-0.3, -0.25) is 9.59 Å². The summed E-state index contributed by atoms with van der Waals surface area (Å²) in [5, 5.41) is 12.1. The van der Waals surface area contributed by atoms with Crippen molar-refractivity contribution < 1.29 is 27.9 Å². The van der Waals surface area contributed by atoms with E-state index in [1.165, 1.54) is 6.07 Å². The lowest BCUT2D eigenvalue weighted by molar-refractivity contribution is -0.157. The average Bonchev–Trinajstić information content (AvgIpc) is 2.49. The first kappa shape index (κ1) is 18.7. The van der Waals surface area contributed by atoms with Crippen molar-refractivity contribution in [2.45, 2.75) is 56.5 Å². The summed E-state index contributed by atoms with van der Waals surface area (Å²) >= 11 is 0. The van der Waals surface area contributed by atoms with Crippen LogP contribution in [0.2, 0.25) is 0 Å². The first-order chi connectivity index (χ1) is 12.2. The highest BCUT2D eigenvalue weighted by atomic mass is 19.4. The van der Waals surface area contributed by atoms with Crippen molar-refractivity contribution in [2.24, 2.45) is 5.41 Å². The lowest BCUT2D eigenvalue weighted by atomic mass is 9.64. The van der Waals surface area contributed by atoms with Gasteiger partial charge in [0.05, 0.1) is 11.0 Å². The van der Waals surface area contributed by atoms with Gasteiger partial charge in [0.15, 0.2) is 0 Å². The van der Waals surface area contributed by atoms with Crippen LogP contribution < -0.4 is 5.32 Å². The largest absolute Gasteiger partial charge is 0.481 e. The van der Waals surface area contributed by atoms with E-state index in [1.807, 2.05) is 0 Å². The van der Waals surface area contributed by atoms with E-state index in [9.17, 15) is 27.9 Å². The molecule has 1 amide bonds. The number of alkyl halides is 3. The Balaban J connectivity index is 1.68. The monoisotopic (exact) mass is 369 g/mol. The zero-order valence-electron chi connectivity index (χ0n) is 14.4. The molecule has 142 valence electrons. The highest BCUT2D eigenvalue weighted by Crippen LogP contribution is 2.46. The molecule has 2 aliphatic carbocycles. The molecule has 26 heavy (non-hydrogen) atoms. The number of hydrogen-bond donors (Lipinski definition) is 2. The predicted octanol–water partition coefficient (Wildman–Crippen LogP) is 3.89. The number of rotatable bonds is 6. The van der Waals surface area contributed by atoms with Gasteiger partial charge in [0, 0.05) is 18.4 Å². The molecule has 2 saturated carbocycles. The normalized spacial score (nSPS) is 20.6. The van der Waals surface area contributed by atoms with Gasteiger partial charge >= 0.3 is 12.1 Å². The van der Waals surface area contributed by atoms with Crippen molar-refractivity contribution in [3.63, 3.8) is 0 Å². The van der Waals surface area contributed by atoms with Crippen molar-refractivity contribution in [1.82, 2.24) is 5.32 Å². The molecule has 0 atom stereocenters. The lowest BCUT2D eigenvalue weighted by Crippen LogP contribution is -2.48. The number of hydrogen-bond acceptors (Lipinski definition) is 2. The van der Waals surface area contributed by atoms with Gasteiger partial charge in [-0.15, -0.1) is 0 Å². The molecule has 1 aromatic rings. The van der Waals surface area contributed by atoms with Gasteiger partial charge in [-0.05, 0) is 37.3 Å². The van der Waals surface area contributed by atoms with E-state index < -0.39 is 28.5 Å². The molecule has 0 aromatic heterocycles. The molecule has 0 spiro atoms.